The number of benzene rings is 1. The van der Waals surface area contributed by atoms with Crippen molar-refractivity contribution in [2.45, 2.75) is 20.8 Å². The topological polar surface area (TPSA) is 18.5 Å². The summed E-state index contributed by atoms with van der Waals surface area (Å²) in [4.78, 5) is 0. The Morgan fingerprint density at radius 2 is 1.76 bits per heavy atom. The summed E-state index contributed by atoms with van der Waals surface area (Å²) in [6.07, 6.45) is 0. The number of hydrogen-bond acceptors (Lipinski definition) is 2. The van der Waals surface area contributed by atoms with E-state index in [2.05, 4.69) is 20.4 Å². The highest BCUT2D eigenvalue weighted by Crippen LogP contribution is 2.21. The molecular formula is C15H22O2. The highest BCUT2D eigenvalue weighted by atomic mass is 16.5. The number of ether oxygens (including phenoxy) is 2. The number of rotatable bonds is 6. The van der Waals surface area contributed by atoms with Gasteiger partial charge in [0.05, 0.1) is 13.2 Å². The van der Waals surface area contributed by atoms with E-state index in [-0.39, 0.29) is 5.41 Å². The largest absolute Gasteiger partial charge is 0.493 e. The van der Waals surface area contributed by atoms with Crippen molar-refractivity contribution in [3.8, 4) is 5.75 Å². The van der Waals surface area contributed by atoms with Crippen LogP contribution < -0.4 is 4.74 Å². The Labute approximate surface area is 104 Å². The van der Waals surface area contributed by atoms with Crippen molar-refractivity contribution in [3.05, 3.63) is 36.4 Å². The molecule has 0 amide bonds. The van der Waals surface area contributed by atoms with E-state index in [1.54, 1.807) is 7.11 Å². The van der Waals surface area contributed by atoms with E-state index < -0.39 is 0 Å². The molecule has 0 saturated carbocycles. The van der Waals surface area contributed by atoms with Crippen LogP contribution in [0.1, 0.15) is 26.3 Å². The number of methoxy groups -OCH3 is 1. The van der Waals surface area contributed by atoms with Crippen molar-refractivity contribution in [2.75, 3.05) is 20.3 Å². The minimum atomic E-state index is 0.0295. The monoisotopic (exact) mass is 234 g/mol. The fourth-order valence-electron chi connectivity index (χ4n) is 1.55. The van der Waals surface area contributed by atoms with Crippen molar-refractivity contribution in [1.82, 2.24) is 0 Å². The van der Waals surface area contributed by atoms with Gasteiger partial charge in [0.1, 0.15) is 5.75 Å². The second-order valence-electron chi connectivity index (χ2n) is 5.19. The van der Waals surface area contributed by atoms with E-state index in [0.29, 0.717) is 13.2 Å². The Kier molecular flexibility index (Phi) is 4.76. The lowest BCUT2D eigenvalue weighted by Gasteiger charge is -2.23. The molecule has 1 rings (SSSR count). The average molecular weight is 234 g/mol. The predicted octanol–water partition coefficient (Wildman–Crippen LogP) is 3.77. The third-order valence-corrected chi connectivity index (χ3v) is 2.51. The van der Waals surface area contributed by atoms with Gasteiger partial charge in [0, 0.05) is 12.5 Å². The lowest BCUT2D eigenvalue weighted by Crippen LogP contribution is -2.26. The van der Waals surface area contributed by atoms with E-state index in [9.17, 15) is 0 Å². The van der Waals surface area contributed by atoms with E-state index in [0.717, 1.165) is 16.9 Å². The molecule has 0 bridgehead atoms. The summed E-state index contributed by atoms with van der Waals surface area (Å²) in [6, 6.07) is 8.02. The Morgan fingerprint density at radius 3 is 2.24 bits per heavy atom. The van der Waals surface area contributed by atoms with Gasteiger partial charge in [-0.05, 0) is 24.6 Å². The molecule has 0 fully saturated rings. The lowest BCUT2D eigenvalue weighted by molar-refractivity contribution is 0.0644. The Hall–Kier alpha value is -1.28. The van der Waals surface area contributed by atoms with Crippen LogP contribution in [-0.4, -0.2) is 20.3 Å². The molecule has 0 radical (unpaired) electrons. The summed E-state index contributed by atoms with van der Waals surface area (Å²) in [6.45, 7) is 11.5. The minimum absolute atomic E-state index is 0.0295. The van der Waals surface area contributed by atoms with Crippen molar-refractivity contribution in [1.29, 1.82) is 0 Å². The first-order chi connectivity index (χ1) is 7.94. The molecular weight excluding hydrogens is 212 g/mol. The van der Waals surface area contributed by atoms with Gasteiger partial charge in [-0.25, -0.2) is 0 Å². The quantitative estimate of drug-likeness (QED) is 0.746. The maximum Gasteiger partial charge on any atom is 0.119 e. The smallest absolute Gasteiger partial charge is 0.119 e. The first kappa shape index (κ1) is 13.8. The van der Waals surface area contributed by atoms with Crippen LogP contribution in [0.4, 0.5) is 0 Å². The fraction of sp³-hybridized carbons (Fsp3) is 0.467. The predicted molar refractivity (Wildman–Crippen MR) is 72.3 cm³/mol. The van der Waals surface area contributed by atoms with E-state index >= 15 is 0 Å². The summed E-state index contributed by atoms with van der Waals surface area (Å²) in [7, 11) is 1.71. The Balaban J connectivity index is 2.55. The van der Waals surface area contributed by atoms with E-state index in [1.807, 2.05) is 31.2 Å². The molecule has 0 spiro atoms. The van der Waals surface area contributed by atoms with Crippen LogP contribution in [0, 0.1) is 5.41 Å². The molecule has 0 atom stereocenters. The molecule has 0 aromatic heterocycles. The molecule has 0 unspecified atom stereocenters. The zero-order valence-corrected chi connectivity index (χ0v) is 11.2. The Bertz CT molecular complexity index is 363. The summed E-state index contributed by atoms with van der Waals surface area (Å²) in [5, 5.41) is 0. The summed E-state index contributed by atoms with van der Waals surface area (Å²) in [5.74, 6) is 0.888. The average Bonchev–Trinajstić information content (AvgIpc) is 2.27. The highest BCUT2D eigenvalue weighted by molar-refractivity contribution is 5.61. The standard InChI is InChI=1S/C15H22O2/c1-12(2)13-6-8-14(9-7-13)17-11-15(3,4)10-16-5/h6-9H,1,10-11H2,2-5H3. The molecule has 0 aliphatic heterocycles. The summed E-state index contributed by atoms with van der Waals surface area (Å²) < 4.78 is 10.9. The van der Waals surface area contributed by atoms with Crippen LogP contribution in [0.25, 0.3) is 5.57 Å². The molecule has 0 heterocycles. The van der Waals surface area contributed by atoms with Crippen LogP contribution in [0.2, 0.25) is 0 Å². The zero-order valence-electron chi connectivity index (χ0n) is 11.2. The van der Waals surface area contributed by atoms with Gasteiger partial charge < -0.3 is 9.47 Å². The molecule has 1 aromatic rings. The van der Waals surface area contributed by atoms with Gasteiger partial charge in [0.15, 0.2) is 0 Å². The van der Waals surface area contributed by atoms with E-state index in [4.69, 9.17) is 9.47 Å². The molecule has 2 nitrogen and oxygen atoms in total. The van der Waals surface area contributed by atoms with Crippen molar-refractivity contribution < 1.29 is 9.47 Å². The normalized spacial score (nSPS) is 11.3. The number of hydrogen-bond donors (Lipinski definition) is 0. The first-order valence-electron chi connectivity index (χ1n) is 5.82. The molecule has 0 N–H and O–H groups in total. The molecule has 1 aromatic carbocycles. The summed E-state index contributed by atoms with van der Waals surface area (Å²) in [5.41, 5.74) is 2.24. The maximum atomic E-state index is 5.75. The molecule has 17 heavy (non-hydrogen) atoms. The SMILES string of the molecule is C=C(C)c1ccc(OCC(C)(C)COC)cc1. The van der Waals surface area contributed by atoms with E-state index in [1.165, 1.54) is 0 Å². The third kappa shape index (κ3) is 4.61. The number of allylic oxidation sites excluding steroid dienone is 1. The van der Waals surface area contributed by atoms with Crippen LogP contribution in [0.5, 0.6) is 5.75 Å². The van der Waals surface area contributed by atoms with Crippen LogP contribution in [-0.2, 0) is 4.74 Å². The minimum Gasteiger partial charge on any atom is -0.493 e. The molecule has 2 heteroatoms. The van der Waals surface area contributed by atoms with Gasteiger partial charge in [-0.2, -0.15) is 0 Å². The van der Waals surface area contributed by atoms with Crippen LogP contribution in [0.3, 0.4) is 0 Å². The first-order valence-corrected chi connectivity index (χ1v) is 5.82. The second kappa shape index (κ2) is 5.87. The third-order valence-electron chi connectivity index (χ3n) is 2.51. The second-order valence-corrected chi connectivity index (χ2v) is 5.19. The maximum absolute atomic E-state index is 5.75. The van der Waals surface area contributed by atoms with Gasteiger partial charge >= 0.3 is 0 Å². The molecule has 0 aliphatic carbocycles. The van der Waals surface area contributed by atoms with Gasteiger partial charge in [-0.1, -0.05) is 38.1 Å². The van der Waals surface area contributed by atoms with Crippen LogP contribution in [0.15, 0.2) is 30.8 Å². The zero-order chi connectivity index (χ0) is 12.9. The van der Waals surface area contributed by atoms with Crippen molar-refractivity contribution >= 4 is 5.57 Å². The van der Waals surface area contributed by atoms with Crippen LogP contribution >= 0.6 is 0 Å². The van der Waals surface area contributed by atoms with Gasteiger partial charge in [0.2, 0.25) is 0 Å². The molecule has 0 aliphatic rings. The van der Waals surface area contributed by atoms with Crippen molar-refractivity contribution in [3.63, 3.8) is 0 Å². The molecule has 94 valence electrons. The lowest BCUT2D eigenvalue weighted by atomic mass is 9.96. The fourth-order valence-corrected chi connectivity index (χ4v) is 1.55. The van der Waals surface area contributed by atoms with Crippen molar-refractivity contribution in [2.24, 2.45) is 5.41 Å². The van der Waals surface area contributed by atoms with Gasteiger partial charge in [-0.3, -0.25) is 0 Å². The van der Waals surface area contributed by atoms with Gasteiger partial charge in [-0.15, -0.1) is 0 Å². The van der Waals surface area contributed by atoms with Gasteiger partial charge in [0.25, 0.3) is 0 Å². The highest BCUT2D eigenvalue weighted by Gasteiger charge is 2.18. The molecule has 0 saturated heterocycles. The Morgan fingerprint density at radius 1 is 1.18 bits per heavy atom. The summed E-state index contributed by atoms with van der Waals surface area (Å²) >= 11 is 0.